The number of aryl methyl sites for hydroxylation is 1. The van der Waals surface area contributed by atoms with Crippen molar-refractivity contribution in [2.75, 3.05) is 0 Å². The molecule has 92 valence electrons. The zero-order valence-corrected chi connectivity index (χ0v) is 10.5. The highest BCUT2D eigenvalue weighted by atomic mass is 15.2. The van der Waals surface area contributed by atoms with Gasteiger partial charge in [0.2, 0.25) is 0 Å². The van der Waals surface area contributed by atoms with Gasteiger partial charge < -0.3 is 0 Å². The normalized spacial score (nSPS) is 32.2. The minimum Gasteiger partial charge on any atom is -0.271 e. The molecule has 0 aliphatic heterocycles. The van der Waals surface area contributed by atoms with Crippen molar-refractivity contribution in [2.24, 2.45) is 23.6 Å². The topological polar surface area (TPSA) is 38.0 Å². The lowest BCUT2D eigenvalue weighted by atomic mass is 9.97. The summed E-state index contributed by atoms with van der Waals surface area (Å²) in [6.07, 6.45) is 5.38. The molecule has 2 saturated carbocycles. The monoisotopic (exact) mass is 230 g/mol. The first-order valence-corrected chi connectivity index (χ1v) is 6.81. The fourth-order valence-corrected chi connectivity index (χ4v) is 3.76. The van der Waals surface area contributed by atoms with Crippen molar-refractivity contribution >= 4 is 0 Å². The molecule has 0 aromatic heterocycles. The van der Waals surface area contributed by atoms with E-state index < -0.39 is 0 Å². The molecule has 3 unspecified atom stereocenters. The van der Waals surface area contributed by atoms with Crippen LogP contribution >= 0.6 is 0 Å². The first-order valence-electron chi connectivity index (χ1n) is 6.81. The highest BCUT2D eigenvalue weighted by molar-refractivity contribution is 5.23. The fourth-order valence-electron chi connectivity index (χ4n) is 3.76. The lowest BCUT2D eigenvalue weighted by Gasteiger charge is -2.18. The summed E-state index contributed by atoms with van der Waals surface area (Å²) in [5.41, 5.74) is 5.79. The molecule has 3 N–H and O–H groups in total. The van der Waals surface area contributed by atoms with Gasteiger partial charge in [0.1, 0.15) is 0 Å². The molecule has 0 spiro atoms. The summed E-state index contributed by atoms with van der Waals surface area (Å²) in [5, 5.41) is 0. The summed E-state index contributed by atoms with van der Waals surface area (Å²) in [6.45, 7) is 2.13. The van der Waals surface area contributed by atoms with Gasteiger partial charge in [0, 0.05) is 6.04 Å². The maximum atomic E-state index is 5.74. The summed E-state index contributed by atoms with van der Waals surface area (Å²) in [7, 11) is 0. The number of hydrazine groups is 1. The quantitative estimate of drug-likeness (QED) is 0.616. The number of hydrogen-bond acceptors (Lipinski definition) is 2. The van der Waals surface area contributed by atoms with Crippen molar-refractivity contribution in [3.8, 4) is 0 Å². The molecule has 1 aromatic carbocycles. The van der Waals surface area contributed by atoms with Gasteiger partial charge in [0.05, 0.1) is 0 Å². The second kappa shape index (κ2) is 4.43. The molecule has 2 aliphatic carbocycles. The van der Waals surface area contributed by atoms with E-state index in [2.05, 4.69) is 36.6 Å². The molecule has 2 fully saturated rings. The molecule has 0 heterocycles. The van der Waals surface area contributed by atoms with Crippen molar-refractivity contribution in [1.29, 1.82) is 0 Å². The molecule has 2 heteroatoms. The number of hydrogen-bond donors (Lipinski definition) is 2. The molecule has 2 nitrogen and oxygen atoms in total. The molecule has 0 radical (unpaired) electrons. The Bertz CT molecular complexity index is 374. The lowest BCUT2D eigenvalue weighted by Crippen LogP contribution is -2.39. The van der Waals surface area contributed by atoms with Gasteiger partial charge in [-0.05, 0) is 49.5 Å². The average Bonchev–Trinajstić information content (AvgIpc) is 2.82. The number of nitrogens with one attached hydrogen (secondary N) is 1. The molecule has 3 atom stereocenters. The van der Waals surface area contributed by atoms with Crippen LogP contribution in [0.3, 0.4) is 0 Å². The van der Waals surface area contributed by atoms with Gasteiger partial charge in [-0.2, -0.15) is 0 Å². The second-order valence-corrected chi connectivity index (χ2v) is 5.80. The highest BCUT2D eigenvalue weighted by Gasteiger charge is 2.55. The Labute approximate surface area is 104 Å². The minimum atomic E-state index is 0.480. The minimum absolute atomic E-state index is 0.480. The highest BCUT2D eigenvalue weighted by Crippen LogP contribution is 2.59. The van der Waals surface area contributed by atoms with Crippen LogP contribution in [0.5, 0.6) is 0 Å². The molecule has 17 heavy (non-hydrogen) atoms. The maximum absolute atomic E-state index is 5.74. The van der Waals surface area contributed by atoms with Crippen LogP contribution in [-0.4, -0.2) is 6.04 Å². The fraction of sp³-hybridized carbons (Fsp3) is 0.600. The van der Waals surface area contributed by atoms with E-state index in [1.807, 2.05) is 0 Å². The van der Waals surface area contributed by atoms with Crippen LogP contribution in [0.2, 0.25) is 0 Å². The van der Waals surface area contributed by atoms with Crippen molar-refractivity contribution in [1.82, 2.24) is 5.43 Å². The summed E-state index contributed by atoms with van der Waals surface area (Å²) in [6, 6.07) is 9.33. The number of fused-ring (bicyclic) bond motifs is 1. The van der Waals surface area contributed by atoms with E-state index in [0.29, 0.717) is 6.04 Å². The molecular formula is C15H22N2. The summed E-state index contributed by atoms with van der Waals surface area (Å²) in [5.74, 6) is 8.53. The van der Waals surface area contributed by atoms with E-state index in [9.17, 15) is 0 Å². The van der Waals surface area contributed by atoms with Gasteiger partial charge in [0.15, 0.2) is 0 Å². The Hall–Kier alpha value is -0.860. The van der Waals surface area contributed by atoms with E-state index >= 15 is 0 Å². The van der Waals surface area contributed by atoms with Gasteiger partial charge in [-0.15, -0.1) is 0 Å². The van der Waals surface area contributed by atoms with Crippen LogP contribution in [-0.2, 0) is 6.42 Å². The summed E-state index contributed by atoms with van der Waals surface area (Å²) < 4.78 is 0. The van der Waals surface area contributed by atoms with Crippen LogP contribution in [0, 0.1) is 24.7 Å². The zero-order valence-electron chi connectivity index (χ0n) is 10.5. The third-order valence-electron chi connectivity index (χ3n) is 4.73. The molecular weight excluding hydrogens is 208 g/mol. The van der Waals surface area contributed by atoms with E-state index in [4.69, 9.17) is 5.84 Å². The molecule has 1 aromatic rings. The number of nitrogens with two attached hydrogens (primary N) is 1. The third-order valence-corrected chi connectivity index (χ3v) is 4.73. The average molecular weight is 230 g/mol. The van der Waals surface area contributed by atoms with Crippen molar-refractivity contribution in [3.63, 3.8) is 0 Å². The van der Waals surface area contributed by atoms with Crippen LogP contribution < -0.4 is 11.3 Å². The molecule has 0 amide bonds. The van der Waals surface area contributed by atoms with Gasteiger partial charge in [-0.3, -0.25) is 11.3 Å². The van der Waals surface area contributed by atoms with E-state index in [1.54, 1.807) is 0 Å². The maximum Gasteiger partial charge on any atom is 0.0284 e. The molecule has 0 saturated heterocycles. The summed E-state index contributed by atoms with van der Waals surface area (Å²) >= 11 is 0. The first kappa shape index (κ1) is 11.2. The third kappa shape index (κ3) is 2.12. The van der Waals surface area contributed by atoms with Crippen LogP contribution in [0.25, 0.3) is 0 Å². The SMILES string of the molecule is Cc1ccc(CC(NN)C2C3CCCC32)cc1. The van der Waals surface area contributed by atoms with Crippen molar-refractivity contribution < 1.29 is 0 Å². The van der Waals surface area contributed by atoms with E-state index in [-0.39, 0.29) is 0 Å². The smallest absolute Gasteiger partial charge is 0.0284 e. The van der Waals surface area contributed by atoms with E-state index in [0.717, 1.165) is 24.2 Å². The molecule has 2 aliphatic rings. The largest absolute Gasteiger partial charge is 0.271 e. The number of benzene rings is 1. The van der Waals surface area contributed by atoms with Gasteiger partial charge in [-0.25, -0.2) is 0 Å². The van der Waals surface area contributed by atoms with Crippen molar-refractivity contribution in [3.05, 3.63) is 35.4 Å². The van der Waals surface area contributed by atoms with Gasteiger partial charge in [0.25, 0.3) is 0 Å². The Kier molecular flexibility index (Phi) is 2.93. The Morgan fingerprint density at radius 2 is 1.88 bits per heavy atom. The van der Waals surface area contributed by atoms with Crippen molar-refractivity contribution in [2.45, 2.75) is 38.6 Å². The van der Waals surface area contributed by atoms with Crippen LogP contribution in [0.4, 0.5) is 0 Å². The summed E-state index contributed by atoms with van der Waals surface area (Å²) in [4.78, 5) is 0. The Balaban J connectivity index is 1.64. The van der Waals surface area contributed by atoms with Crippen LogP contribution in [0.1, 0.15) is 30.4 Å². The molecule has 3 rings (SSSR count). The predicted octanol–water partition coefficient (Wildman–Crippen LogP) is 2.42. The Morgan fingerprint density at radius 3 is 2.47 bits per heavy atom. The Morgan fingerprint density at radius 1 is 1.24 bits per heavy atom. The zero-order chi connectivity index (χ0) is 11.8. The van der Waals surface area contributed by atoms with Gasteiger partial charge in [-0.1, -0.05) is 36.2 Å². The molecule has 0 bridgehead atoms. The lowest BCUT2D eigenvalue weighted by molar-refractivity contribution is 0.410. The predicted molar refractivity (Wildman–Crippen MR) is 70.3 cm³/mol. The van der Waals surface area contributed by atoms with Gasteiger partial charge >= 0.3 is 0 Å². The first-order chi connectivity index (χ1) is 8.29. The van der Waals surface area contributed by atoms with E-state index in [1.165, 1.54) is 30.4 Å². The standard InChI is InChI=1S/C15H22N2/c1-10-5-7-11(8-6-10)9-14(17-16)15-12-3-2-4-13(12)15/h5-8,12-15,17H,2-4,9,16H2,1H3. The van der Waals surface area contributed by atoms with Crippen LogP contribution in [0.15, 0.2) is 24.3 Å². The second-order valence-electron chi connectivity index (χ2n) is 5.80. The number of rotatable bonds is 4.